The van der Waals surface area contributed by atoms with Crippen molar-refractivity contribution in [1.29, 1.82) is 0 Å². The van der Waals surface area contributed by atoms with E-state index in [-0.39, 0.29) is 17.8 Å². The lowest BCUT2D eigenvalue weighted by Crippen LogP contribution is -2.34. The summed E-state index contributed by atoms with van der Waals surface area (Å²) in [5.41, 5.74) is 4.97. The third-order valence-corrected chi connectivity index (χ3v) is 0.684. The summed E-state index contributed by atoms with van der Waals surface area (Å²) < 4.78 is 0. The van der Waals surface area contributed by atoms with Crippen LogP contribution >= 0.6 is 12.6 Å². The highest BCUT2D eigenvalue weighted by molar-refractivity contribution is 7.80. The maximum atomic E-state index is 10.3. The topological polar surface area (TPSA) is 55.1 Å². The molecular weight excluding hydrogens is 124 g/mol. The van der Waals surface area contributed by atoms with Crippen LogP contribution in [0, 0.1) is 0 Å². The normalized spacial score (nSPS) is 12.9. The maximum absolute atomic E-state index is 10.3. The first-order valence-electron chi connectivity index (χ1n) is 2.34. The molecule has 0 aromatic rings. The van der Waals surface area contributed by atoms with Gasteiger partial charge in [-0.2, -0.15) is 12.6 Å². The number of rotatable bonds is 2. The van der Waals surface area contributed by atoms with Crippen molar-refractivity contribution in [2.24, 2.45) is 5.73 Å². The summed E-state index contributed by atoms with van der Waals surface area (Å²) in [6.45, 7) is 1.79. The van der Waals surface area contributed by atoms with Crippen LogP contribution in [0.1, 0.15) is 6.92 Å². The van der Waals surface area contributed by atoms with Crippen molar-refractivity contribution < 1.29 is 4.79 Å². The molecule has 0 aliphatic rings. The van der Waals surface area contributed by atoms with Gasteiger partial charge in [-0.1, -0.05) is 0 Å². The van der Waals surface area contributed by atoms with E-state index >= 15 is 0 Å². The third kappa shape index (κ3) is 3.95. The maximum Gasteiger partial charge on any atom is 0.234 e. The first kappa shape index (κ1) is 7.78. The van der Waals surface area contributed by atoms with Crippen molar-refractivity contribution in [3.05, 3.63) is 0 Å². The van der Waals surface area contributed by atoms with E-state index in [1.54, 1.807) is 6.92 Å². The van der Waals surface area contributed by atoms with E-state index in [4.69, 9.17) is 5.73 Å². The van der Waals surface area contributed by atoms with E-state index in [9.17, 15) is 4.79 Å². The minimum atomic E-state index is -0.174. The van der Waals surface area contributed by atoms with Gasteiger partial charge >= 0.3 is 0 Å². The van der Waals surface area contributed by atoms with Crippen LogP contribution in [0.2, 0.25) is 0 Å². The molecule has 8 heavy (non-hydrogen) atoms. The molecule has 48 valence electrons. The lowest BCUT2D eigenvalue weighted by molar-refractivity contribution is -0.119. The van der Waals surface area contributed by atoms with Crippen molar-refractivity contribution in [2.75, 3.05) is 6.54 Å². The molecule has 4 heteroatoms. The Labute approximate surface area is 54.0 Å². The van der Waals surface area contributed by atoms with Gasteiger partial charge in [0, 0.05) is 0 Å². The molecule has 3 nitrogen and oxygen atoms in total. The van der Waals surface area contributed by atoms with E-state index in [0.29, 0.717) is 0 Å². The van der Waals surface area contributed by atoms with Gasteiger partial charge in [0.2, 0.25) is 5.91 Å². The quantitative estimate of drug-likeness (QED) is 0.347. The number of carbonyl (C=O) groups is 1. The molecule has 0 aromatic carbocycles. The summed E-state index contributed by atoms with van der Waals surface area (Å²) in [5, 5.41) is 2.39. The molecular formula is C4H10N2OS. The van der Waals surface area contributed by atoms with Gasteiger partial charge < -0.3 is 11.1 Å². The molecule has 0 heterocycles. The smallest absolute Gasteiger partial charge is 0.234 e. The average Bonchev–Trinajstić information content (AvgIpc) is 1.65. The van der Waals surface area contributed by atoms with Gasteiger partial charge in [-0.3, -0.25) is 4.79 Å². The molecule has 0 aromatic heterocycles. The Bertz CT molecular complexity index is 84.1. The Kier molecular flexibility index (Phi) is 3.64. The number of carbonyl (C=O) groups excluding carboxylic acids is 1. The first-order chi connectivity index (χ1) is 3.66. The Morgan fingerprint density at radius 3 is 2.62 bits per heavy atom. The van der Waals surface area contributed by atoms with Crippen molar-refractivity contribution >= 4 is 18.5 Å². The highest BCUT2D eigenvalue weighted by atomic mass is 32.1. The monoisotopic (exact) mass is 134 g/mol. The number of hydrogen-bond donors (Lipinski definition) is 3. The number of nitrogens with one attached hydrogen (secondary N) is 1. The highest BCUT2D eigenvalue weighted by Gasteiger charge is 1.97. The molecule has 1 amide bonds. The van der Waals surface area contributed by atoms with Crippen LogP contribution < -0.4 is 11.1 Å². The molecule has 0 fully saturated rings. The summed E-state index contributed by atoms with van der Waals surface area (Å²) in [4.78, 5) is 10.3. The Morgan fingerprint density at radius 2 is 2.50 bits per heavy atom. The minimum absolute atomic E-state index is 0.0326. The fraction of sp³-hybridized carbons (Fsp3) is 0.750. The third-order valence-electron chi connectivity index (χ3n) is 0.555. The Balaban J connectivity index is 3.25. The van der Waals surface area contributed by atoms with Gasteiger partial charge in [0.05, 0.1) is 11.9 Å². The molecule has 0 bridgehead atoms. The second-order valence-corrected chi connectivity index (χ2v) is 2.22. The molecule has 0 saturated carbocycles. The lowest BCUT2D eigenvalue weighted by atomic mass is 10.6. The van der Waals surface area contributed by atoms with Crippen molar-refractivity contribution in [2.45, 2.75) is 12.3 Å². The van der Waals surface area contributed by atoms with Crippen LogP contribution in [0.4, 0.5) is 0 Å². The van der Waals surface area contributed by atoms with Crippen LogP contribution in [0.25, 0.3) is 0 Å². The molecule has 0 rings (SSSR count). The predicted octanol–water partition coefficient (Wildman–Crippen LogP) is -0.663. The van der Waals surface area contributed by atoms with Gasteiger partial charge in [0.1, 0.15) is 0 Å². The molecule has 0 spiro atoms. The zero-order chi connectivity index (χ0) is 6.57. The number of thiol groups is 1. The first-order valence-corrected chi connectivity index (χ1v) is 2.86. The van der Waals surface area contributed by atoms with Crippen molar-refractivity contribution in [3.63, 3.8) is 0 Å². The zero-order valence-electron chi connectivity index (χ0n) is 4.72. The second kappa shape index (κ2) is 3.74. The predicted molar refractivity (Wildman–Crippen MR) is 35.6 cm³/mol. The van der Waals surface area contributed by atoms with Gasteiger partial charge in [-0.05, 0) is 6.92 Å². The molecule has 3 N–H and O–H groups in total. The minimum Gasteiger partial charge on any atom is -0.344 e. The van der Waals surface area contributed by atoms with Crippen LogP contribution in [-0.2, 0) is 4.79 Å². The van der Waals surface area contributed by atoms with Gasteiger partial charge in [-0.25, -0.2) is 0 Å². The van der Waals surface area contributed by atoms with Gasteiger partial charge in [0.15, 0.2) is 0 Å². The fourth-order valence-electron chi connectivity index (χ4n) is 0.292. The summed E-state index contributed by atoms with van der Waals surface area (Å²) in [6, 6.07) is 0. The van der Waals surface area contributed by atoms with Crippen LogP contribution in [0.5, 0.6) is 0 Å². The molecule has 0 aliphatic carbocycles. The van der Waals surface area contributed by atoms with Crippen molar-refractivity contribution in [3.8, 4) is 0 Å². The van der Waals surface area contributed by atoms with Crippen LogP contribution in [0.3, 0.4) is 0 Å². The number of nitrogens with two attached hydrogens (primary N) is 1. The van der Waals surface area contributed by atoms with Gasteiger partial charge in [0.25, 0.3) is 0 Å². The largest absolute Gasteiger partial charge is 0.344 e. The number of amides is 1. The Hall–Kier alpha value is -0.220. The molecule has 0 saturated heterocycles. The van der Waals surface area contributed by atoms with E-state index in [2.05, 4.69) is 17.9 Å². The zero-order valence-corrected chi connectivity index (χ0v) is 5.61. The standard InChI is InChI=1S/C4H10N2OS/c1-3(8)6-4(7)2-5/h3,8H,2,5H2,1H3,(H,6,7). The SMILES string of the molecule is CC(S)NC(=O)CN. The second-order valence-electron chi connectivity index (χ2n) is 1.45. The average molecular weight is 134 g/mol. The summed E-state index contributed by atoms with van der Waals surface area (Å²) in [6.07, 6.45) is 0. The Morgan fingerprint density at radius 1 is 2.00 bits per heavy atom. The van der Waals surface area contributed by atoms with Crippen molar-refractivity contribution in [1.82, 2.24) is 5.32 Å². The highest BCUT2D eigenvalue weighted by Crippen LogP contribution is 1.82. The van der Waals surface area contributed by atoms with Gasteiger partial charge in [-0.15, -0.1) is 0 Å². The molecule has 0 radical (unpaired) electrons. The van der Waals surface area contributed by atoms with E-state index in [0.717, 1.165) is 0 Å². The molecule has 0 aliphatic heterocycles. The lowest BCUT2D eigenvalue weighted by Gasteiger charge is -2.03. The number of hydrogen-bond acceptors (Lipinski definition) is 3. The van der Waals surface area contributed by atoms with E-state index < -0.39 is 0 Å². The van der Waals surface area contributed by atoms with E-state index in [1.807, 2.05) is 0 Å². The molecule has 1 unspecified atom stereocenters. The van der Waals surface area contributed by atoms with E-state index in [1.165, 1.54) is 0 Å². The van der Waals surface area contributed by atoms with Crippen LogP contribution in [-0.4, -0.2) is 17.8 Å². The summed E-state index contributed by atoms with van der Waals surface area (Å²) in [5.74, 6) is -0.174. The summed E-state index contributed by atoms with van der Waals surface area (Å²) >= 11 is 3.90. The fourth-order valence-corrected chi connectivity index (χ4v) is 0.436. The molecule has 1 atom stereocenters. The summed E-state index contributed by atoms with van der Waals surface area (Å²) in [7, 11) is 0. The van der Waals surface area contributed by atoms with Crippen LogP contribution in [0.15, 0.2) is 0 Å².